The van der Waals surface area contributed by atoms with Crippen molar-refractivity contribution in [1.29, 1.82) is 0 Å². The highest BCUT2D eigenvalue weighted by molar-refractivity contribution is 5.81. The van der Waals surface area contributed by atoms with Gasteiger partial charge in [0.1, 0.15) is 0 Å². The van der Waals surface area contributed by atoms with Crippen molar-refractivity contribution in [2.24, 2.45) is 0 Å². The molecule has 0 saturated heterocycles. The molecular weight excluding hydrogens is 456 g/mol. The minimum atomic E-state index is -0.0523. The lowest BCUT2D eigenvalue weighted by molar-refractivity contribution is 0.456. The fourth-order valence-corrected chi connectivity index (χ4v) is 5.09. The van der Waals surface area contributed by atoms with Crippen molar-refractivity contribution in [3.8, 4) is 11.1 Å². The highest BCUT2D eigenvalue weighted by atomic mass is 16.1. The highest BCUT2D eigenvalue weighted by Crippen LogP contribution is 2.25. The number of aromatic amines is 1. The van der Waals surface area contributed by atoms with Crippen LogP contribution in [0.2, 0.25) is 0 Å². The van der Waals surface area contributed by atoms with Crippen LogP contribution in [0.25, 0.3) is 22.0 Å². The van der Waals surface area contributed by atoms with Crippen molar-refractivity contribution in [3.63, 3.8) is 0 Å². The summed E-state index contributed by atoms with van der Waals surface area (Å²) in [5, 5.41) is 5.60. The van der Waals surface area contributed by atoms with Crippen molar-refractivity contribution in [3.05, 3.63) is 118 Å². The normalized spacial score (nSPS) is 12.2. The Hall–Kier alpha value is -4.12. The molecule has 0 aliphatic rings. The van der Waals surface area contributed by atoms with Crippen LogP contribution >= 0.6 is 0 Å². The highest BCUT2D eigenvalue weighted by Gasteiger charge is 2.18. The minimum absolute atomic E-state index is 0.0523. The number of aromatic nitrogens is 3. The number of hydrogen-bond donors (Lipinski definition) is 2. The molecule has 0 radical (unpaired) electrons. The molecule has 5 heteroatoms. The zero-order valence-corrected chi connectivity index (χ0v) is 21.6. The first-order chi connectivity index (χ1) is 18.0. The summed E-state index contributed by atoms with van der Waals surface area (Å²) in [7, 11) is 0. The van der Waals surface area contributed by atoms with Crippen LogP contribution in [-0.2, 0) is 19.3 Å². The molecule has 1 atom stereocenters. The number of H-pyrrole nitrogens is 1. The number of anilines is 1. The third-order valence-electron chi connectivity index (χ3n) is 7.08. The Kier molecular flexibility index (Phi) is 7.22. The Labute approximate surface area is 218 Å². The number of fused-ring (bicyclic) bond motifs is 1. The molecule has 0 spiro atoms. The van der Waals surface area contributed by atoms with Gasteiger partial charge in [0, 0.05) is 23.8 Å². The maximum absolute atomic E-state index is 13.2. The number of nitrogens with zero attached hydrogens (tertiary/aromatic N) is 2. The second-order valence-corrected chi connectivity index (χ2v) is 9.85. The summed E-state index contributed by atoms with van der Waals surface area (Å²) in [4.78, 5) is 16.3. The maximum Gasteiger partial charge on any atom is 0.259 e. The quantitative estimate of drug-likeness (QED) is 0.225. The Morgan fingerprint density at radius 3 is 2.43 bits per heavy atom. The summed E-state index contributed by atoms with van der Waals surface area (Å²) in [5.74, 6) is 0. The number of aryl methyl sites for hydroxylation is 2. The first kappa shape index (κ1) is 24.6. The van der Waals surface area contributed by atoms with Crippen LogP contribution in [0, 0.1) is 0 Å². The van der Waals surface area contributed by atoms with Crippen LogP contribution in [0.1, 0.15) is 55.2 Å². The predicted molar refractivity (Wildman–Crippen MR) is 153 cm³/mol. The van der Waals surface area contributed by atoms with Gasteiger partial charge < -0.3 is 10.7 Å². The van der Waals surface area contributed by atoms with E-state index in [1.807, 2.05) is 18.2 Å². The van der Waals surface area contributed by atoms with Crippen molar-refractivity contribution in [2.45, 2.75) is 52.0 Å². The lowest BCUT2D eigenvalue weighted by Gasteiger charge is -2.14. The summed E-state index contributed by atoms with van der Waals surface area (Å²) in [5.41, 5.74) is 14.1. The molecule has 1 unspecified atom stereocenters. The van der Waals surface area contributed by atoms with Crippen LogP contribution in [0.5, 0.6) is 0 Å². The molecule has 5 aromatic rings. The number of rotatable bonds is 9. The van der Waals surface area contributed by atoms with E-state index in [1.54, 1.807) is 0 Å². The molecule has 0 aliphatic carbocycles. The van der Waals surface area contributed by atoms with Gasteiger partial charge in [-0.3, -0.25) is 9.48 Å². The first-order valence-corrected chi connectivity index (χ1v) is 13.1. The Morgan fingerprint density at radius 2 is 1.70 bits per heavy atom. The van der Waals surface area contributed by atoms with Gasteiger partial charge in [0.05, 0.1) is 16.6 Å². The van der Waals surface area contributed by atoms with Crippen molar-refractivity contribution in [2.75, 3.05) is 5.73 Å². The Balaban J connectivity index is 1.37. The fraction of sp³-hybridized carbons (Fsp3) is 0.250. The van der Waals surface area contributed by atoms with Gasteiger partial charge in [0.15, 0.2) is 0 Å². The van der Waals surface area contributed by atoms with E-state index in [2.05, 4.69) is 90.2 Å². The molecule has 2 aromatic heterocycles. The van der Waals surface area contributed by atoms with Crippen LogP contribution in [0.3, 0.4) is 0 Å². The second kappa shape index (κ2) is 10.9. The smallest absolute Gasteiger partial charge is 0.259 e. The van der Waals surface area contributed by atoms with Crippen LogP contribution in [0.15, 0.2) is 89.7 Å². The summed E-state index contributed by atoms with van der Waals surface area (Å²) < 4.78 is 2.07. The van der Waals surface area contributed by atoms with Gasteiger partial charge in [-0.15, -0.1) is 0 Å². The van der Waals surface area contributed by atoms with Gasteiger partial charge in [-0.2, -0.15) is 5.10 Å². The summed E-state index contributed by atoms with van der Waals surface area (Å²) in [6, 6.07) is 29.2. The molecule has 188 valence electrons. The molecule has 0 bridgehead atoms. The van der Waals surface area contributed by atoms with Crippen molar-refractivity contribution < 1.29 is 0 Å². The van der Waals surface area contributed by atoms with E-state index in [4.69, 9.17) is 10.8 Å². The van der Waals surface area contributed by atoms with Gasteiger partial charge in [-0.25, -0.2) is 0 Å². The van der Waals surface area contributed by atoms with Crippen LogP contribution < -0.4 is 11.3 Å². The van der Waals surface area contributed by atoms with E-state index in [9.17, 15) is 4.79 Å². The molecule has 0 fully saturated rings. The van der Waals surface area contributed by atoms with Gasteiger partial charge in [0.2, 0.25) is 0 Å². The molecule has 2 heterocycles. The van der Waals surface area contributed by atoms with Crippen molar-refractivity contribution >= 4 is 16.6 Å². The first-order valence-electron chi connectivity index (χ1n) is 13.1. The standard InChI is InChI=1S/C32H34N4O/c1-3-29-31-30(36(35-29)22(2)9-7-12-23-10-5-4-6-11-23)21-28(34-32(31)37)19-24-15-17-25(18-16-24)26-13-8-14-27(33)20-26/h4-6,8,10-11,13-18,20-22H,3,7,9,12,19,33H2,1-2H3,(H,34,37). The van der Waals surface area contributed by atoms with E-state index in [1.165, 1.54) is 5.56 Å². The third-order valence-corrected chi connectivity index (χ3v) is 7.08. The summed E-state index contributed by atoms with van der Waals surface area (Å²) in [6.07, 6.45) is 4.50. The fourth-order valence-electron chi connectivity index (χ4n) is 5.09. The number of nitrogens with one attached hydrogen (secondary N) is 1. The van der Waals surface area contributed by atoms with Gasteiger partial charge in [-0.1, -0.05) is 73.7 Å². The van der Waals surface area contributed by atoms with Gasteiger partial charge in [-0.05, 0) is 73.1 Å². The summed E-state index contributed by atoms with van der Waals surface area (Å²) in [6.45, 7) is 4.26. The zero-order chi connectivity index (χ0) is 25.8. The average molecular weight is 491 g/mol. The third kappa shape index (κ3) is 5.51. The minimum Gasteiger partial charge on any atom is -0.399 e. The molecule has 0 saturated carbocycles. The monoisotopic (exact) mass is 490 g/mol. The molecule has 0 aliphatic heterocycles. The number of nitrogens with two attached hydrogens (primary N) is 1. The molecular formula is C32H34N4O. The van der Waals surface area contributed by atoms with Crippen LogP contribution in [0.4, 0.5) is 5.69 Å². The molecule has 3 aromatic carbocycles. The predicted octanol–water partition coefficient (Wildman–Crippen LogP) is 6.71. The van der Waals surface area contributed by atoms with E-state index >= 15 is 0 Å². The van der Waals surface area contributed by atoms with Gasteiger partial charge in [0.25, 0.3) is 5.56 Å². The van der Waals surface area contributed by atoms with E-state index in [-0.39, 0.29) is 11.6 Å². The van der Waals surface area contributed by atoms with Crippen molar-refractivity contribution in [1.82, 2.24) is 14.8 Å². The van der Waals surface area contributed by atoms with Crippen LogP contribution in [-0.4, -0.2) is 14.8 Å². The Bertz CT molecular complexity index is 1550. The number of nitrogen functional groups attached to an aromatic ring is 1. The molecule has 0 amide bonds. The molecule has 3 N–H and O–H groups in total. The molecule has 5 nitrogen and oxygen atoms in total. The number of pyridine rings is 1. The topological polar surface area (TPSA) is 76.7 Å². The largest absolute Gasteiger partial charge is 0.399 e. The lowest BCUT2D eigenvalue weighted by Crippen LogP contribution is -2.12. The lowest BCUT2D eigenvalue weighted by atomic mass is 10.0. The number of benzene rings is 3. The van der Waals surface area contributed by atoms with E-state index < -0.39 is 0 Å². The average Bonchev–Trinajstić information content (AvgIpc) is 3.29. The Morgan fingerprint density at radius 1 is 0.919 bits per heavy atom. The SMILES string of the molecule is CCc1nn(C(C)CCCc2ccccc2)c2cc(Cc3ccc(-c4cccc(N)c4)cc3)[nH]c(=O)c12. The molecule has 37 heavy (non-hydrogen) atoms. The maximum atomic E-state index is 13.2. The number of hydrogen-bond acceptors (Lipinski definition) is 3. The van der Waals surface area contributed by atoms with Gasteiger partial charge >= 0.3 is 0 Å². The van der Waals surface area contributed by atoms with E-state index in [0.717, 1.165) is 70.4 Å². The summed E-state index contributed by atoms with van der Waals surface area (Å²) >= 11 is 0. The second-order valence-electron chi connectivity index (χ2n) is 9.85. The van der Waals surface area contributed by atoms with E-state index in [0.29, 0.717) is 6.42 Å². The zero-order valence-electron chi connectivity index (χ0n) is 21.6. The molecule has 5 rings (SSSR count).